The lowest BCUT2D eigenvalue weighted by Crippen LogP contribution is -2.47. The van der Waals surface area contributed by atoms with Crippen molar-refractivity contribution >= 4 is 12.4 Å². The molecule has 2 heterocycles. The van der Waals surface area contributed by atoms with E-state index in [0.717, 1.165) is 32.6 Å². The Morgan fingerprint density at radius 1 is 1.45 bits per heavy atom. The molecule has 0 aromatic rings. The van der Waals surface area contributed by atoms with Crippen molar-refractivity contribution in [3.63, 3.8) is 0 Å². The summed E-state index contributed by atoms with van der Waals surface area (Å²) in [7, 11) is 0. The highest BCUT2D eigenvalue weighted by atomic mass is 35.5. The Morgan fingerprint density at radius 2 is 2.27 bits per heavy atom. The highest BCUT2D eigenvalue weighted by Gasteiger charge is 2.31. The summed E-state index contributed by atoms with van der Waals surface area (Å²) < 4.78 is 0. The largest absolute Gasteiger partial charge is 0.392 e. The van der Waals surface area contributed by atoms with Crippen molar-refractivity contribution in [2.75, 3.05) is 26.2 Å². The number of hydrogen-bond donors (Lipinski definition) is 2. The number of aliphatic hydroxyl groups excluding tert-OH is 1. The summed E-state index contributed by atoms with van der Waals surface area (Å²) in [6, 6.07) is 0.615. The minimum absolute atomic E-state index is 0. The Hall–Kier alpha value is 0.170. The van der Waals surface area contributed by atoms with Crippen LogP contribution in [-0.2, 0) is 0 Å². The third kappa shape index (κ3) is 1.85. The normalized spacial score (nSPS) is 37.9. The maximum atomic E-state index is 9.29. The van der Waals surface area contributed by atoms with E-state index in [1.807, 2.05) is 0 Å². The van der Waals surface area contributed by atoms with Crippen LogP contribution in [0, 0.1) is 0 Å². The second-order valence-corrected chi connectivity index (χ2v) is 3.24. The van der Waals surface area contributed by atoms with Gasteiger partial charge in [0.2, 0.25) is 0 Å². The fourth-order valence-electron chi connectivity index (χ4n) is 1.94. The number of halogens is 1. The van der Waals surface area contributed by atoms with Gasteiger partial charge in [-0.1, -0.05) is 0 Å². The van der Waals surface area contributed by atoms with Crippen LogP contribution >= 0.6 is 12.4 Å². The predicted molar refractivity (Wildman–Crippen MR) is 46.1 cm³/mol. The van der Waals surface area contributed by atoms with Gasteiger partial charge in [0.25, 0.3) is 0 Å². The van der Waals surface area contributed by atoms with Crippen LogP contribution in [0.2, 0.25) is 0 Å². The van der Waals surface area contributed by atoms with Crippen LogP contribution in [0.25, 0.3) is 0 Å². The van der Waals surface area contributed by atoms with E-state index in [-0.39, 0.29) is 18.5 Å². The first-order valence-electron chi connectivity index (χ1n) is 3.99. The molecule has 2 saturated heterocycles. The van der Waals surface area contributed by atoms with Crippen molar-refractivity contribution in [2.24, 2.45) is 0 Å². The Labute approximate surface area is 73.2 Å². The van der Waals surface area contributed by atoms with E-state index >= 15 is 0 Å². The first kappa shape index (κ1) is 9.26. The Balaban J connectivity index is 0.000000605. The van der Waals surface area contributed by atoms with Gasteiger partial charge in [0.1, 0.15) is 0 Å². The van der Waals surface area contributed by atoms with Gasteiger partial charge in [-0.05, 0) is 6.42 Å². The van der Waals surface area contributed by atoms with Crippen LogP contribution in [0.3, 0.4) is 0 Å². The van der Waals surface area contributed by atoms with Gasteiger partial charge < -0.3 is 10.4 Å². The minimum Gasteiger partial charge on any atom is -0.392 e. The summed E-state index contributed by atoms with van der Waals surface area (Å²) in [5.41, 5.74) is 0. The van der Waals surface area contributed by atoms with Crippen molar-refractivity contribution in [3.05, 3.63) is 0 Å². The van der Waals surface area contributed by atoms with Gasteiger partial charge in [-0.15, -0.1) is 12.4 Å². The van der Waals surface area contributed by atoms with Gasteiger partial charge in [-0.25, -0.2) is 0 Å². The first-order chi connectivity index (χ1) is 4.86. The van der Waals surface area contributed by atoms with Crippen molar-refractivity contribution in [2.45, 2.75) is 18.6 Å². The average Bonchev–Trinajstić information content (AvgIpc) is 2.27. The van der Waals surface area contributed by atoms with E-state index in [1.165, 1.54) is 0 Å². The molecule has 3 nitrogen and oxygen atoms in total. The molecular weight excluding hydrogens is 164 g/mol. The molecule has 11 heavy (non-hydrogen) atoms. The average molecular weight is 179 g/mol. The zero-order valence-electron chi connectivity index (χ0n) is 6.49. The Kier molecular flexibility index (Phi) is 3.13. The first-order valence-corrected chi connectivity index (χ1v) is 3.99. The predicted octanol–water partition coefficient (Wildman–Crippen LogP) is -0.553. The smallest absolute Gasteiger partial charge is 0.0682 e. The summed E-state index contributed by atoms with van der Waals surface area (Å²) in [6.07, 6.45) is 0.900. The molecule has 0 aromatic carbocycles. The number of aliphatic hydroxyl groups is 1. The molecule has 0 bridgehead atoms. The number of fused-ring (bicyclic) bond motifs is 1. The van der Waals surface area contributed by atoms with Gasteiger partial charge in [-0.3, -0.25) is 4.90 Å². The van der Waals surface area contributed by atoms with Gasteiger partial charge in [0, 0.05) is 32.2 Å². The van der Waals surface area contributed by atoms with Crippen LogP contribution in [0.4, 0.5) is 0 Å². The fourth-order valence-corrected chi connectivity index (χ4v) is 1.94. The van der Waals surface area contributed by atoms with Gasteiger partial charge >= 0.3 is 0 Å². The minimum atomic E-state index is -0.0649. The molecule has 0 unspecified atom stereocenters. The van der Waals surface area contributed by atoms with Crippen molar-refractivity contribution in [1.82, 2.24) is 10.2 Å². The van der Waals surface area contributed by atoms with E-state index in [2.05, 4.69) is 10.2 Å². The molecule has 4 heteroatoms. The van der Waals surface area contributed by atoms with E-state index < -0.39 is 0 Å². The molecule has 0 saturated carbocycles. The topological polar surface area (TPSA) is 35.5 Å². The third-order valence-electron chi connectivity index (χ3n) is 2.46. The highest BCUT2D eigenvalue weighted by Crippen LogP contribution is 2.18. The molecule has 2 fully saturated rings. The molecule has 2 aliphatic rings. The monoisotopic (exact) mass is 178 g/mol. The van der Waals surface area contributed by atoms with Crippen molar-refractivity contribution in [1.29, 1.82) is 0 Å². The third-order valence-corrected chi connectivity index (χ3v) is 2.46. The maximum Gasteiger partial charge on any atom is 0.0682 e. The summed E-state index contributed by atoms with van der Waals surface area (Å²) in [4.78, 5) is 2.38. The second-order valence-electron chi connectivity index (χ2n) is 3.24. The fraction of sp³-hybridized carbons (Fsp3) is 1.00. The lowest BCUT2D eigenvalue weighted by atomic mass is 10.2. The number of nitrogens with zero attached hydrogens (tertiary/aromatic N) is 1. The lowest BCUT2D eigenvalue weighted by molar-refractivity contribution is 0.170. The van der Waals surface area contributed by atoms with E-state index in [0.29, 0.717) is 6.04 Å². The summed E-state index contributed by atoms with van der Waals surface area (Å²) in [6.45, 7) is 4.16. The van der Waals surface area contributed by atoms with Crippen LogP contribution < -0.4 is 5.32 Å². The van der Waals surface area contributed by atoms with Gasteiger partial charge in [-0.2, -0.15) is 0 Å². The molecule has 0 aromatic heterocycles. The molecule has 2 aliphatic heterocycles. The highest BCUT2D eigenvalue weighted by molar-refractivity contribution is 5.85. The van der Waals surface area contributed by atoms with Crippen LogP contribution in [0.5, 0.6) is 0 Å². The van der Waals surface area contributed by atoms with Crippen molar-refractivity contribution < 1.29 is 5.11 Å². The number of rotatable bonds is 0. The van der Waals surface area contributed by atoms with E-state index in [4.69, 9.17) is 0 Å². The van der Waals surface area contributed by atoms with Crippen LogP contribution in [0.1, 0.15) is 6.42 Å². The van der Waals surface area contributed by atoms with Crippen LogP contribution in [-0.4, -0.2) is 48.3 Å². The molecule has 0 amide bonds. The number of hydrogen-bond acceptors (Lipinski definition) is 3. The quantitative estimate of drug-likeness (QED) is 0.523. The molecule has 0 aliphatic carbocycles. The Morgan fingerprint density at radius 3 is 3.00 bits per heavy atom. The summed E-state index contributed by atoms with van der Waals surface area (Å²) in [5.74, 6) is 0. The van der Waals surface area contributed by atoms with E-state index in [1.54, 1.807) is 0 Å². The number of piperazine rings is 1. The van der Waals surface area contributed by atoms with E-state index in [9.17, 15) is 5.11 Å². The second kappa shape index (κ2) is 3.72. The van der Waals surface area contributed by atoms with Gasteiger partial charge in [0.15, 0.2) is 0 Å². The standard InChI is InChI=1S/C7H14N2O.ClH/c10-7-3-6-4-8-1-2-9(6)5-7;/h6-8,10H,1-5H2;1H/t6-,7-;/m0./s1. The lowest BCUT2D eigenvalue weighted by Gasteiger charge is -2.29. The molecule has 2 N–H and O–H groups in total. The zero-order valence-corrected chi connectivity index (χ0v) is 7.31. The van der Waals surface area contributed by atoms with Crippen molar-refractivity contribution in [3.8, 4) is 0 Å². The summed E-state index contributed by atoms with van der Waals surface area (Å²) in [5, 5.41) is 12.6. The Bertz CT molecular complexity index is 120. The molecule has 2 atom stereocenters. The SMILES string of the molecule is Cl.O[C@H]1C[C@H]2CNCCN2C1. The molecule has 0 radical (unpaired) electrons. The zero-order chi connectivity index (χ0) is 6.97. The maximum absolute atomic E-state index is 9.29. The number of nitrogens with one attached hydrogen (secondary N) is 1. The molecule has 2 rings (SSSR count). The van der Waals surface area contributed by atoms with Gasteiger partial charge in [0.05, 0.1) is 6.10 Å². The molecule has 66 valence electrons. The molecular formula is C7H15ClN2O. The molecule has 0 spiro atoms. The summed E-state index contributed by atoms with van der Waals surface area (Å²) >= 11 is 0. The van der Waals surface area contributed by atoms with Crippen LogP contribution in [0.15, 0.2) is 0 Å².